The number of aryl methyl sites for hydroxylation is 1. The number of halogens is 1. The number of aliphatic hydroxyl groups excluding tert-OH is 1. The molecule has 0 aromatic heterocycles. The standard InChI is InChI=1S/C12H16BrNO3S/c1-3-6-14(7-8-15)18(16,17)12-5-4-10(2)9-11(12)13/h3-5,9,15H,1,6-8H2,2H3. The minimum Gasteiger partial charge on any atom is -0.395 e. The molecule has 0 radical (unpaired) electrons. The maximum Gasteiger partial charge on any atom is 0.244 e. The van der Waals surface area contributed by atoms with Crippen molar-refractivity contribution in [3.8, 4) is 0 Å². The van der Waals surface area contributed by atoms with Gasteiger partial charge in [-0.05, 0) is 40.5 Å². The van der Waals surface area contributed by atoms with E-state index in [4.69, 9.17) is 5.11 Å². The lowest BCUT2D eigenvalue weighted by Gasteiger charge is -2.20. The number of rotatable bonds is 6. The summed E-state index contributed by atoms with van der Waals surface area (Å²) < 4.78 is 26.5. The van der Waals surface area contributed by atoms with Crippen LogP contribution in [0.3, 0.4) is 0 Å². The van der Waals surface area contributed by atoms with E-state index in [-0.39, 0.29) is 24.6 Å². The van der Waals surface area contributed by atoms with Gasteiger partial charge in [-0.2, -0.15) is 4.31 Å². The van der Waals surface area contributed by atoms with E-state index in [9.17, 15) is 8.42 Å². The van der Waals surface area contributed by atoms with Crippen molar-refractivity contribution in [2.45, 2.75) is 11.8 Å². The molecule has 18 heavy (non-hydrogen) atoms. The van der Waals surface area contributed by atoms with Crippen LogP contribution in [0.2, 0.25) is 0 Å². The summed E-state index contributed by atoms with van der Waals surface area (Å²) in [5.41, 5.74) is 0.971. The molecule has 0 amide bonds. The summed E-state index contributed by atoms with van der Waals surface area (Å²) in [6.07, 6.45) is 1.50. The Bertz CT molecular complexity index is 528. The van der Waals surface area contributed by atoms with E-state index in [1.165, 1.54) is 10.4 Å². The van der Waals surface area contributed by atoms with E-state index >= 15 is 0 Å². The summed E-state index contributed by atoms with van der Waals surface area (Å²) in [4.78, 5) is 0.198. The van der Waals surface area contributed by atoms with Crippen molar-refractivity contribution in [1.29, 1.82) is 0 Å². The maximum atomic E-state index is 12.4. The summed E-state index contributed by atoms with van der Waals surface area (Å²) in [6.45, 7) is 5.41. The Labute approximate surface area is 116 Å². The van der Waals surface area contributed by atoms with Crippen LogP contribution in [0.15, 0.2) is 40.2 Å². The molecule has 0 unspecified atom stereocenters. The average molecular weight is 334 g/mol. The molecule has 0 bridgehead atoms. The van der Waals surface area contributed by atoms with Gasteiger partial charge in [0, 0.05) is 17.6 Å². The van der Waals surface area contributed by atoms with Crippen molar-refractivity contribution < 1.29 is 13.5 Å². The Morgan fingerprint density at radius 3 is 2.67 bits per heavy atom. The molecule has 0 spiro atoms. The molecule has 1 aromatic carbocycles. The van der Waals surface area contributed by atoms with Crippen LogP contribution < -0.4 is 0 Å². The summed E-state index contributed by atoms with van der Waals surface area (Å²) in [5.74, 6) is 0. The maximum absolute atomic E-state index is 12.4. The monoisotopic (exact) mass is 333 g/mol. The third kappa shape index (κ3) is 3.41. The van der Waals surface area contributed by atoms with Gasteiger partial charge in [-0.3, -0.25) is 0 Å². The predicted octanol–water partition coefficient (Wildman–Crippen LogP) is 1.93. The molecule has 0 saturated heterocycles. The van der Waals surface area contributed by atoms with Gasteiger partial charge < -0.3 is 5.11 Å². The lowest BCUT2D eigenvalue weighted by Crippen LogP contribution is -2.33. The number of hydrogen-bond acceptors (Lipinski definition) is 3. The summed E-state index contributed by atoms with van der Waals surface area (Å²) >= 11 is 3.26. The van der Waals surface area contributed by atoms with E-state index in [0.29, 0.717) is 4.47 Å². The van der Waals surface area contributed by atoms with Crippen LogP contribution in [-0.2, 0) is 10.0 Å². The molecule has 0 aliphatic rings. The minimum absolute atomic E-state index is 0.0503. The van der Waals surface area contributed by atoms with Crippen LogP contribution in [0, 0.1) is 6.92 Å². The fourth-order valence-corrected chi connectivity index (χ4v) is 4.07. The van der Waals surface area contributed by atoms with E-state index < -0.39 is 10.0 Å². The first-order chi connectivity index (χ1) is 8.43. The summed E-state index contributed by atoms with van der Waals surface area (Å²) in [6, 6.07) is 5.04. The lowest BCUT2D eigenvalue weighted by molar-refractivity contribution is 0.260. The van der Waals surface area contributed by atoms with Crippen molar-refractivity contribution in [3.05, 3.63) is 40.9 Å². The van der Waals surface area contributed by atoms with Crippen LogP contribution >= 0.6 is 15.9 Å². The first kappa shape index (κ1) is 15.4. The third-order valence-corrected chi connectivity index (χ3v) is 5.23. The molecule has 1 N–H and O–H groups in total. The van der Waals surface area contributed by atoms with Crippen LogP contribution in [0.1, 0.15) is 5.56 Å². The second kappa shape index (κ2) is 6.47. The van der Waals surface area contributed by atoms with Gasteiger partial charge in [-0.15, -0.1) is 6.58 Å². The Morgan fingerprint density at radius 1 is 1.50 bits per heavy atom. The minimum atomic E-state index is -3.62. The highest BCUT2D eigenvalue weighted by molar-refractivity contribution is 9.10. The molecular weight excluding hydrogens is 318 g/mol. The van der Waals surface area contributed by atoms with E-state index in [2.05, 4.69) is 22.5 Å². The zero-order chi connectivity index (χ0) is 13.8. The first-order valence-corrected chi connectivity index (χ1v) is 7.65. The number of aliphatic hydroxyl groups is 1. The van der Waals surface area contributed by atoms with Gasteiger partial charge in [0.1, 0.15) is 0 Å². The predicted molar refractivity (Wildman–Crippen MR) is 74.9 cm³/mol. The fraction of sp³-hybridized carbons (Fsp3) is 0.333. The van der Waals surface area contributed by atoms with Crippen molar-refractivity contribution >= 4 is 26.0 Å². The Morgan fingerprint density at radius 2 is 2.17 bits per heavy atom. The molecule has 0 heterocycles. The SMILES string of the molecule is C=CCN(CCO)S(=O)(=O)c1ccc(C)cc1Br. The average Bonchev–Trinajstić information content (AvgIpc) is 2.28. The third-order valence-electron chi connectivity index (χ3n) is 2.39. The zero-order valence-corrected chi connectivity index (χ0v) is 12.5. The Hall–Kier alpha value is -0.690. The van der Waals surface area contributed by atoms with Crippen LogP contribution in [-0.4, -0.2) is 37.5 Å². The second-order valence-electron chi connectivity index (χ2n) is 3.81. The van der Waals surface area contributed by atoms with Gasteiger partial charge in [-0.1, -0.05) is 12.1 Å². The highest BCUT2D eigenvalue weighted by atomic mass is 79.9. The summed E-state index contributed by atoms with van der Waals surface area (Å²) in [7, 11) is -3.62. The molecule has 0 aliphatic heterocycles. The topological polar surface area (TPSA) is 57.6 Å². The molecule has 0 atom stereocenters. The van der Waals surface area contributed by atoms with Crippen molar-refractivity contribution in [2.24, 2.45) is 0 Å². The van der Waals surface area contributed by atoms with Crippen molar-refractivity contribution in [3.63, 3.8) is 0 Å². The fourth-order valence-electron chi connectivity index (χ4n) is 1.52. The largest absolute Gasteiger partial charge is 0.395 e. The quantitative estimate of drug-likeness (QED) is 0.809. The molecule has 1 aromatic rings. The van der Waals surface area contributed by atoms with Gasteiger partial charge >= 0.3 is 0 Å². The smallest absolute Gasteiger partial charge is 0.244 e. The highest BCUT2D eigenvalue weighted by Crippen LogP contribution is 2.25. The first-order valence-electron chi connectivity index (χ1n) is 5.41. The van der Waals surface area contributed by atoms with Crippen molar-refractivity contribution in [1.82, 2.24) is 4.31 Å². The molecule has 100 valence electrons. The Balaban J connectivity index is 3.21. The molecule has 1 rings (SSSR count). The van der Waals surface area contributed by atoms with Gasteiger partial charge in [-0.25, -0.2) is 8.42 Å². The van der Waals surface area contributed by atoms with E-state index in [1.54, 1.807) is 18.2 Å². The normalized spacial score (nSPS) is 11.8. The zero-order valence-electron chi connectivity index (χ0n) is 10.1. The van der Waals surface area contributed by atoms with Gasteiger partial charge in [0.25, 0.3) is 0 Å². The molecule has 4 nitrogen and oxygen atoms in total. The van der Waals surface area contributed by atoms with Gasteiger partial charge in [0.05, 0.1) is 11.5 Å². The Kier molecular flexibility index (Phi) is 5.52. The molecule has 0 fully saturated rings. The number of benzene rings is 1. The second-order valence-corrected chi connectivity index (χ2v) is 6.57. The number of hydrogen-bond donors (Lipinski definition) is 1. The number of nitrogens with zero attached hydrogens (tertiary/aromatic N) is 1. The van der Waals surface area contributed by atoms with Crippen LogP contribution in [0.5, 0.6) is 0 Å². The van der Waals surface area contributed by atoms with Crippen LogP contribution in [0.4, 0.5) is 0 Å². The lowest BCUT2D eigenvalue weighted by atomic mass is 10.2. The van der Waals surface area contributed by atoms with Gasteiger partial charge in [0.2, 0.25) is 10.0 Å². The molecule has 6 heteroatoms. The molecular formula is C12H16BrNO3S. The van der Waals surface area contributed by atoms with Crippen molar-refractivity contribution in [2.75, 3.05) is 19.7 Å². The number of sulfonamides is 1. The van der Waals surface area contributed by atoms with E-state index in [0.717, 1.165) is 5.56 Å². The van der Waals surface area contributed by atoms with Crippen LogP contribution in [0.25, 0.3) is 0 Å². The summed E-state index contributed by atoms with van der Waals surface area (Å²) in [5, 5.41) is 8.93. The highest BCUT2D eigenvalue weighted by Gasteiger charge is 2.25. The molecule has 0 aliphatic carbocycles. The van der Waals surface area contributed by atoms with E-state index in [1.807, 2.05) is 6.92 Å². The molecule has 0 saturated carbocycles. The van der Waals surface area contributed by atoms with Gasteiger partial charge in [0.15, 0.2) is 0 Å².